The SMILES string of the molecule is O=[N+]([O-])c1cc([N+](=O)[O-])c(Nc2cccc(Cl)c2)c([N+](=O)[O-])c1. The molecule has 0 radical (unpaired) electrons. The second-order valence-electron chi connectivity index (χ2n) is 4.27. The maximum atomic E-state index is 11.1. The fourth-order valence-corrected chi connectivity index (χ4v) is 2.02. The van der Waals surface area contributed by atoms with Gasteiger partial charge in [0.25, 0.3) is 5.69 Å². The molecule has 0 amide bonds. The van der Waals surface area contributed by atoms with Crippen LogP contribution in [0.15, 0.2) is 36.4 Å². The topological polar surface area (TPSA) is 141 Å². The Balaban J connectivity index is 2.66. The van der Waals surface area contributed by atoms with Crippen LogP contribution in [0.3, 0.4) is 0 Å². The van der Waals surface area contributed by atoms with Gasteiger partial charge in [0, 0.05) is 10.7 Å². The molecule has 0 bridgehead atoms. The predicted octanol–water partition coefficient (Wildman–Crippen LogP) is 3.81. The fraction of sp³-hybridized carbons (Fsp3) is 0. The smallest absolute Gasteiger partial charge is 0.306 e. The number of rotatable bonds is 5. The number of hydrogen-bond acceptors (Lipinski definition) is 7. The van der Waals surface area contributed by atoms with E-state index in [-0.39, 0.29) is 5.69 Å². The van der Waals surface area contributed by atoms with Crippen LogP contribution >= 0.6 is 11.6 Å². The van der Waals surface area contributed by atoms with Crippen LogP contribution in [-0.2, 0) is 0 Å². The van der Waals surface area contributed by atoms with Gasteiger partial charge in [-0.3, -0.25) is 30.3 Å². The van der Waals surface area contributed by atoms with Crippen LogP contribution in [0.1, 0.15) is 0 Å². The van der Waals surface area contributed by atoms with E-state index < -0.39 is 37.5 Å². The molecule has 0 fully saturated rings. The Morgan fingerprint density at radius 2 is 1.43 bits per heavy atom. The highest BCUT2D eigenvalue weighted by Gasteiger charge is 2.30. The van der Waals surface area contributed by atoms with Gasteiger partial charge in [-0.25, -0.2) is 0 Å². The van der Waals surface area contributed by atoms with Gasteiger partial charge in [-0.05, 0) is 18.2 Å². The molecule has 0 aliphatic rings. The maximum absolute atomic E-state index is 11.1. The number of benzene rings is 2. The summed E-state index contributed by atoms with van der Waals surface area (Å²) in [5.74, 6) is 0. The van der Waals surface area contributed by atoms with E-state index in [1.165, 1.54) is 18.2 Å². The lowest BCUT2D eigenvalue weighted by Gasteiger charge is -2.08. The quantitative estimate of drug-likeness (QED) is 0.645. The highest BCUT2D eigenvalue weighted by atomic mass is 35.5. The second kappa shape index (κ2) is 6.23. The van der Waals surface area contributed by atoms with Crippen LogP contribution in [0.25, 0.3) is 0 Å². The first kappa shape index (κ1) is 16.1. The lowest BCUT2D eigenvalue weighted by molar-refractivity contribution is -0.401. The van der Waals surface area contributed by atoms with E-state index in [1.807, 2.05) is 0 Å². The lowest BCUT2D eigenvalue weighted by atomic mass is 10.2. The standard InChI is InChI=1S/C12H7ClN4O6/c13-7-2-1-3-8(4-7)14-12-10(16(20)21)5-9(15(18)19)6-11(12)17(22)23/h1-6,14H. The molecule has 11 heteroatoms. The number of halogens is 1. The van der Waals surface area contributed by atoms with E-state index in [1.54, 1.807) is 6.07 Å². The van der Waals surface area contributed by atoms with E-state index in [4.69, 9.17) is 11.6 Å². The summed E-state index contributed by atoms with van der Waals surface area (Å²) in [5, 5.41) is 35.9. The van der Waals surface area contributed by atoms with Crippen molar-refractivity contribution >= 4 is 40.0 Å². The number of nitrogens with one attached hydrogen (secondary N) is 1. The molecule has 0 saturated heterocycles. The van der Waals surface area contributed by atoms with Crippen molar-refractivity contribution in [3.8, 4) is 0 Å². The Hall–Kier alpha value is -3.27. The van der Waals surface area contributed by atoms with E-state index in [2.05, 4.69) is 5.32 Å². The highest BCUT2D eigenvalue weighted by molar-refractivity contribution is 6.30. The van der Waals surface area contributed by atoms with Crippen LogP contribution in [0.5, 0.6) is 0 Å². The average molecular weight is 339 g/mol. The average Bonchev–Trinajstić information content (AvgIpc) is 2.46. The summed E-state index contributed by atoms with van der Waals surface area (Å²) in [7, 11) is 0. The van der Waals surface area contributed by atoms with Crippen LogP contribution in [-0.4, -0.2) is 14.8 Å². The minimum atomic E-state index is -0.941. The summed E-state index contributed by atoms with van der Waals surface area (Å²) >= 11 is 5.79. The van der Waals surface area contributed by atoms with Gasteiger partial charge in [0.15, 0.2) is 5.69 Å². The zero-order chi connectivity index (χ0) is 17.1. The van der Waals surface area contributed by atoms with Crippen LogP contribution in [0.2, 0.25) is 5.02 Å². The zero-order valence-corrected chi connectivity index (χ0v) is 11.9. The molecular weight excluding hydrogens is 332 g/mol. The van der Waals surface area contributed by atoms with Gasteiger partial charge in [0.1, 0.15) is 0 Å². The normalized spacial score (nSPS) is 10.1. The third-order valence-electron chi connectivity index (χ3n) is 2.78. The van der Waals surface area contributed by atoms with Crippen molar-refractivity contribution in [2.75, 3.05) is 5.32 Å². The van der Waals surface area contributed by atoms with Crippen molar-refractivity contribution < 1.29 is 14.8 Å². The first-order chi connectivity index (χ1) is 10.8. The molecule has 0 saturated carbocycles. The van der Waals surface area contributed by atoms with Gasteiger partial charge in [0.05, 0.1) is 26.9 Å². The second-order valence-corrected chi connectivity index (χ2v) is 4.70. The molecule has 0 atom stereocenters. The summed E-state index contributed by atoms with van der Waals surface area (Å²) in [4.78, 5) is 30.2. The number of nitrogens with zero attached hydrogens (tertiary/aromatic N) is 3. The Kier molecular flexibility index (Phi) is 4.37. The molecule has 0 aromatic heterocycles. The maximum Gasteiger partial charge on any atom is 0.306 e. The molecule has 0 heterocycles. The Morgan fingerprint density at radius 3 is 1.87 bits per heavy atom. The molecule has 2 aromatic carbocycles. The number of hydrogen-bond donors (Lipinski definition) is 1. The van der Waals surface area contributed by atoms with E-state index in [0.29, 0.717) is 17.2 Å². The van der Waals surface area contributed by atoms with E-state index in [9.17, 15) is 30.3 Å². The van der Waals surface area contributed by atoms with Gasteiger partial charge in [0.2, 0.25) is 0 Å². The summed E-state index contributed by atoms with van der Waals surface area (Å²) < 4.78 is 0. The summed E-state index contributed by atoms with van der Waals surface area (Å²) in [6, 6.07) is 7.27. The van der Waals surface area contributed by atoms with Gasteiger partial charge in [-0.15, -0.1) is 0 Å². The third-order valence-corrected chi connectivity index (χ3v) is 3.01. The molecule has 0 aliphatic heterocycles. The summed E-state index contributed by atoms with van der Waals surface area (Å²) in [6.45, 7) is 0. The summed E-state index contributed by atoms with van der Waals surface area (Å²) in [6.07, 6.45) is 0. The molecular formula is C12H7ClN4O6. The van der Waals surface area contributed by atoms with Crippen molar-refractivity contribution in [1.29, 1.82) is 0 Å². The Morgan fingerprint density at radius 1 is 0.870 bits per heavy atom. The van der Waals surface area contributed by atoms with Crippen molar-refractivity contribution in [2.24, 2.45) is 0 Å². The van der Waals surface area contributed by atoms with Crippen LogP contribution in [0, 0.1) is 30.3 Å². The number of nitro benzene ring substituents is 3. The van der Waals surface area contributed by atoms with Gasteiger partial charge < -0.3 is 5.32 Å². The van der Waals surface area contributed by atoms with Crippen molar-refractivity contribution in [3.05, 3.63) is 71.8 Å². The molecule has 1 N–H and O–H groups in total. The third kappa shape index (κ3) is 3.49. The molecule has 0 unspecified atom stereocenters. The molecule has 118 valence electrons. The zero-order valence-electron chi connectivity index (χ0n) is 11.1. The first-order valence-electron chi connectivity index (χ1n) is 5.93. The molecule has 0 spiro atoms. The molecule has 0 aliphatic carbocycles. The predicted molar refractivity (Wildman–Crippen MR) is 81.1 cm³/mol. The molecule has 10 nitrogen and oxygen atoms in total. The van der Waals surface area contributed by atoms with Crippen molar-refractivity contribution in [1.82, 2.24) is 0 Å². The van der Waals surface area contributed by atoms with E-state index in [0.717, 1.165) is 0 Å². The van der Waals surface area contributed by atoms with Crippen molar-refractivity contribution in [3.63, 3.8) is 0 Å². The van der Waals surface area contributed by atoms with Gasteiger partial charge >= 0.3 is 11.4 Å². The first-order valence-corrected chi connectivity index (χ1v) is 6.31. The molecule has 23 heavy (non-hydrogen) atoms. The number of non-ortho nitro benzene ring substituents is 1. The van der Waals surface area contributed by atoms with Crippen LogP contribution in [0.4, 0.5) is 28.4 Å². The minimum absolute atomic E-state index is 0.262. The Labute approximate surface area is 132 Å². The largest absolute Gasteiger partial charge is 0.344 e. The van der Waals surface area contributed by atoms with Gasteiger partial charge in [-0.2, -0.15) is 0 Å². The van der Waals surface area contributed by atoms with Crippen molar-refractivity contribution in [2.45, 2.75) is 0 Å². The number of anilines is 2. The van der Waals surface area contributed by atoms with Crippen LogP contribution < -0.4 is 5.32 Å². The molecule has 2 aromatic rings. The number of nitro groups is 3. The fourth-order valence-electron chi connectivity index (χ4n) is 1.83. The van der Waals surface area contributed by atoms with E-state index >= 15 is 0 Å². The molecule has 2 rings (SSSR count). The van der Waals surface area contributed by atoms with Gasteiger partial charge in [-0.1, -0.05) is 17.7 Å². The lowest BCUT2D eigenvalue weighted by Crippen LogP contribution is -2.03. The highest BCUT2D eigenvalue weighted by Crippen LogP contribution is 2.40. The Bertz CT molecular complexity index is 790. The summed E-state index contributed by atoms with van der Waals surface area (Å²) in [5.41, 5.74) is -2.53. The monoisotopic (exact) mass is 338 g/mol. The minimum Gasteiger partial charge on any atom is -0.344 e.